The first-order valence-electron chi connectivity index (χ1n) is 4.88. The van der Waals surface area contributed by atoms with Gasteiger partial charge >= 0.3 is 0 Å². The molecule has 0 aliphatic rings. The number of hydrogen-bond donors (Lipinski definition) is 1. The molecule has 84 valence electrons. The van der Waals surface area contributed by atoms with Gasteiger partial charge in [0.05, 0.1) is 0 Å². The standard InChI is InChI=1S/C12H18O3/c1-9-7-5-6-8-10(9)12(2,13)11(14-3)15-4/h5-8,11,13H,1-4H3. The summed E-state index contributed by atoms with van der Waals surface area (Å²) in [5.41, 5.74) is 0.690. The van der Waals surface area contributed by atoms with Crippen LogP contribution in [-0.4, -0.2) is 25.6 Å². The Morgan fingerprint density at radius 1 is 1.20 bits per heavy atom. The Bertz CT molecular complexity index is 316. The van der Waals surface area contributed by atoms with Crippen LogP contribution in [0.2, 0.25) is 0 Å². The molecule has 0 fully saturated rings. The van der Waals surface area contributed by atoms with Gasteiger partial charge in [-0.25, -0.2) is 0 Å². The van der Waals surface area contributed by atoms with Gasteiger partial charge in [-0.3, -0.25) is 0 Å². The third-order valence-electron chi connectivity index (χ3n) is 2.58. The van der Waals surface area contributed by atoms with Crippen molar-refractivity contribution in [1.82, 2.24) is 0 Å². The van der Waals surface area contributed by atoms with Crippen LogP contribution in [0.5, 0.6) is 0 Å². The van der Waals surface area contributed by atoms with Gasteiger partial charge in [-0.05, 0) is 25.0 Å². The van der Waals surface area contributed by atoms with E-state index < -0.39 is 11.9 Å². The van der Waals surface area contributed by atoms with Crippen LogP contribution in [0.1, 0.15) is 18.1 Å². The van der Waals surface area contributed by atoms with Crippen molar-refractivity contribution in [2.24, 2.45) is 0 Å². The fraction of sp³-hybridized carbons (Fsp3) is 0.500. The van der Waals surface area contributed by atoms with Gasteiger partial charge in [0.2, 0.25) is 0 Å². The summed E-state index contributed by atoms with van der Waals surface area (Å²) in [4.78, 5) is 0. The molecule has 15 heavy (non-hydrogen) atoms. The highest BCUT2D eigenvalue weighted by molar-refractivity contribution is 5.31. The molecule has 0 radical (unpaired) electrons. The van der Waals surface area contributed by atoms with Gasteiger partial charge in [0.25, 0.3) is 0 Å². The Morgan fingerprint density at radius 3 is 2.20 bits per heavy atom. The van der Waals surface area contributed by atoms with Gasteiger partial charge in [0, 0.05) is 14.2 Å². The van der Waals surface area contributed by atoms with E-state index in [1.807, 2.05) is 31.2 Å². The zero-order valence-corrected chi connectivity index (χ0v) is 9.65. The number of rotatable bonds is 4. The molecule has 0 heterocycles. The largest absolute Gasteiger partial charge is 0.380 e. The van der Waals surface area contributed by atoms with Crippen LogP contribution in [0.4, 0.5) is 0 Å². The van der Waals surface area contributed by atoms with Gasteiger partial charge in [-0.1, -0.05) is 24.3 Å². The van der Waals surface area contributed by atoms with E-state index in [1.165, 1.54) is 14.2 Å². The number of ether oxygens (including phenoxy) is 2. The Kier molecular flexibility index (Phi) is 3.85. The van der Waals surface area contributed by atoms with Crippen molar-refractivity contribution in [3.8, 4) is 0 Å². The molecule has 1 atom stereocenters. The third-order valence-corrected chi connectivity index (χ3v) is 2.58. The quantitative estimate of drug-likeness (QED) is 0.770. The minimum absolute atomic E-state index is 0.668. The Labute approximate surface area is 90.6 Å². The zero-order chi connectivity index (χ0) is 11.5. The summed E-state index contributed by atoms with van der Waals surface area (Å²) in [6.45, 7) is 3.64. The molecule has 0 amide bonds. The van der Waals surface area contributed by atoms with Crippen LogP contribution in [0.25, 0.3) is 0 Å². The fourth-order valence-electron chi connectivity index (χ4n) is 1.82. The molecule has 0 bridgehead atoms. The molecule has 0 saturated heterocycles. The number of hydrogen-bond acceptors (Lipinski definition) is 3. The Morgan fingerprint density at radius 2 is 1.73 bits per heavy atom. The Hall–Kier alpha value is -0.900. The maximum Gasteiger partial charge on any atom is 0.189 e. The summed E-state index contributed by atoms with van der Waals surface area (Å²) in [5, 5.41) is 10.4. The SMILES string of the molecule is COC(OC)C(C)(O)c1ccccc1C. The van der Waals surface area contributed by atoms with Crippen LogP contribution < -0.4 is 0 Å². The summed E-state index contributed by atoms with van der Waals surface area (Å²) in [7, 11) is 3.03. The molecular formula is C12H18O3. The second-order valence-corrected chi connectivity index (χ2v) is 3.77. The smallest absolute Gasteiger partial charge is 0.189 e. The molecule has 1 rings (SSSR count). The van der Waals surface area contributed by atoms with E-state index in [-0.39, 0.29) is 0 Å². The van der Waals surface area contributed by atoms with E-state index in [0.29, 0.717) is 0 Å². The van der Waals surface area contributed by atoms with Gasteiger partial charge in [0.15, 0.2) is 6.29 Å². The molecule has 0 aliphatic heterocycles. The van der Waals surface area contributed by atoms with Gasteiger partial charge < -0.3 is 14.6 Å². The predicted molar refractivity (Wildman–Crippen MR) is 58.6 cm³/mol. The van der Waals surface area contributed by atoms with E-state index in [9.17, 15) is 5.11 Å². The first-order chi connectivity index (χ1) is 7.04. The number of methoxy groups -OCH3 is 2. The number of aryl methyl sites for hydroxylation is 1. The van der Waals surface area contributed by atoms with Gasteiger partial charge in [-0.15, -0.1) is 0 Å². The topological polar surface area (TPSA) is 38.7 Å². The Balaban J connectivity index is 3.09. The third kappa shape index (κ3) is 2.37. The molecule has 0 spiro atoms. The number of benzene rings is 1. The highest BCUT2D eigenvalue weighted by atomic mass is 16.7. The molecule has 1 N–H and O–H groups in total. The summed E-state index contributed by atoms with van der Waals surface area (Å²) >= 11 is 0. The van der Waals surface area contributed by atoms with Crippen molar-refractivity contribution in [3.63, 3.8) is 0 Å². The second kappa shape index (κ2) is 4.75. The molecule has 3 heteroatoms. The zero-order valence-electron chi connectivity index (χ0n) is 9.65. The molecular weight excluding hydrogens is 192 g/mol. The van der Waals surface area contributed by atoms with E-state index in [4.69, 9.17) is 9.47 Å². The summed E-state index contributed by atoms with van der Waals surface area (Å²) < 4.78 is 10.2. The predicted octanol–water partition coefficient (Wildman–Crippen LogP) is 1.82. The lowest BCUT2D eigenvalue weighted by atomic mass is 9.91. The summed E-state index contributed by atoms with van der Waals surface area (Å²) in [6, 6.07) is 7.65. The minimum Gasteiger partial charge on any atom is -0.380 e. The fourth-order valence-corrected chi connectivity index (χ4v) is 1.82. The van der Waals surface area contributed by atoms with Gasteiger partial charge in [-0.2, -0.15) is 0 Å². The van der Waals surface area contributed by atoms with Crippen molar-refractivity contribution in [2.45, 2.75) is 25.7 Å². The minimum atomic E-state index is -1.14. The van der Waals surface area contributed by atoms with E-state index in [1.54, 1.807) is 6.92 Å². The lowest BCUT2D eigenvalue weighted by Crippen LogP contribution is -2.39. The first kappa shape index (κ1) is 12.2. The normalized spacial score (nSPS) is 15.3. The average molecular weight is 210 g/mol. The average Bonchev–Trinajstić information content (AvgIpc) is 2.19. The first-order valence-corrected chi connectivity index (χ1v) is 4.88. The summed E-state index contributed by atoms with van der Waals surface area (Å²) in [6.07, 6.45) is -0.668. The molecule has 0 aromatic heterocycles. The molecule has 0 aliphatic carbocycles. The summed E-state index contributed by atoms with van der Waals surface area (Å²) in [5.74, 6) is 0. The van der Waals surface area contributed by atoms with Crippen LogP contribution >= 0.6 is 0 Å². The van der Waals surface area contributed by atoms with Crippen molar-refractivity contribution in [1.29, 1.82) is 0 Å². The second-order valence-electron chi connectivity index (χ2n) is 3.77. The molecule has 0 saturated carbocycles. The number of aliphatic hydroxyl groups is 1. The van der Waals surface area contributed by atoms with Crippen molar-refractivity contribution >= 4 is 0 Å². The van der Waals surface area contributed by atoms with Crippen molar-refractivity contribution < 1.29 is 14.6 Å². The lowest BCUT2D eigenvalue weighted by molar-refractivity contribution is -0.213. The molecule has 3 nitrogen and oxygen atoms in total. The van der Waals surface area contributed by atoms with Crippen molar-refractivity contribution in [2.75, 3.05) is 14.2 Å². The van der Waals surface area contributed by atoms with Crippen LogP contribution in [0, 0.1) is 6.92 Å². The highest BCUT2D eigenvalue weighted by Gasteiger charge is 2.35. The van der Waals surface area contributed by atoms with Crippen LogP contribution in [0.15, 0.2) is 24.3 Å². The van der Waals surface area contributed by atoms with E-state index in [2.05, 4.69) is 0 Å². The monoisotopic (exact) mass is 210 g/mol. The highest BCUT2D eigenvalue weighted by Crippen LogP contribution is 2.29. The molecule has 1 unspecified atom stereocenters. The maximum absolute atomic E-state index is 10.4. The van der Waals surface area contributed by atoms with Crippen LogP contribution in [-0.2, 0) is 15.1 Å². The van der Waals surface area contributed by atoms with Gasteiger partial charge in [0.1, 0.15) is 5.60 Å². The molecule has 1 aromatic carbocycles. The van der Waals surface area contributed by atoms with E-state index in [0.717, 1.165) is 11.1 Å². The lowest BCUT2D eigenvalue weighted by Gasteiger charge is -2.32. The molecule has 1 aromatic rings. The van der Waals surface area contributed by atoms with E-state index >= 15 is 0 Å². The maximum atomic E-state index is 10.4. The van der Waals surface area contributed by atoms with Crippen molar-refractivity contribution in [3.05, 3.63) is 35.4 Å². The van der Waals surface area contributed by atoms with Crippen LogP contribution in [0.3, 0.4) is 0 Å².